The van der Waals surface area contributed by atoms with E-state index in [1.807, 2.05) is 27.1 Å². The molecule has 4 rings (SSSR count). The molecule has 1 aliphatic carbocycles. The first-order valence-corrected chi connectivity index (χ1v) is 14.4. The zero-order chi connectivity index (χ0) is 26.7. The van der Waals surface area contributed by atoms with E-state index in [2.05, 4.69) is 22.3 Å². The summed E-state index contributed by atoms with van der Waals surface area (Å²) < 4.78 is 7.01. The van der Waals surface area contributed by atoms with Crippen LogP contribution < -0.4 is 5.32 Å². The summed E-state index contributed by atoms with van der Waals surface area (Å²) >= 11 is 2.68. The molecule has 2 aliphatic rings. The molecule has 2 aromatic rings. The molecule has 1 atom stereocenters. The van der Waals surface area contributed by atoms with Crippen LogP contribution >= 0.6 is 23.1 Å². The first-order chi connectivity index (χ1) is 17.7. The molecule has 0 saturated heterocycles. The first kappa shape index (κ1) is 27.1. The van der Waals surface area contributed by atoms with Crippen LogP contribution in [0.15, 0.2) is 16.9 Å². The second-order valence-corrected chi connectivity index (χ2v) is 11.1. The van der Waals surface area contributed by atoms with Crippen molar-refractivity contribution in [3.63, 3.8) is 0 Å². The third-order valence-electron chi connectivity index (χ3n) is 6.58. The smallest absolute Gasteiger partial charge is 0.341 e. The maximum atomic E-state index is 13.0. The maximum Gasteiger partial charge on any atom is 0.341 e. The Labute approximate surface area is 225 Å². The predicted octanol–water partition coefficient (Wildman–Crippen LogP) is 4.41. The van der Waals surface area contributed by atoms with Crippen molar-refractivity contribution in [2.24, 2.45) is 18.0 Å². The molecule has 0 aromatic carbocycles. The van der Waals surface area contributed by atoms with Crippen molar-refractivity contribution >= 4 is 57.1 Å². The van der Waals surface area contributed by atoms with Gasteiger partial charge in [0.1, 0.15) is 10.7 Å². The first-order valence-electron chi connectivity index (χ1n) is 12.6. The number of nitrogens with one attached hydrogen (secondary N) is 1. The molecule has 37 heavy (non-hydrogen) atoms. The number of aryl methyl sites for hydroxylation is 2. The predicted molar refractivity (Wildman–Crippen MR) is 148 cm³/mol. The van der Waals surface area contributed by atoms with Crippen LogP contribution in [0.1, 0.15) is 65.7 Å². The summed E-state index contributed by atoms with van der Waals surface area (Å²) in [5.41, 5.74) is 3.47. The van der Waals surface area contributed by atoms with Crippen LogP contribution in [-0.4, -0.2) is 56.5 Å². The molecular weight excluding hydrogens is 510 g/mol. The molecule has 0 spiro atoms. The van der Waals surface area contributed by atoms with Crippen molar-refractivity contribution in [3.05, 3.63) is 39.2 Å². The topological polar surface area (TPSA) is 106 Å². The lowest BCUT2D eigenvalue weighted by Gasteiger charge is -2.20. The largest absolute Gasteiger partial charge is 0.462 e. The fourth-order valence-electron chi connectivity index (χ4n) is 4.63. The number of fused-ring (bicyclic) bond motifs is 1. The van der Waals surface area contributed by atoms with Gasteiger partial charge in [-0.15, -0.1) is 11.3 Å². The Bertz CT molecular complexity index is 1280. The number of hydrogen-bond donors (Lipinski definition) is 1. The average molecular weight is 544 g/mol. The van der Waals surface area contributed by atoms with Crippen molar-refractivity contribution in [2.75, 3.05) is 24.2 Å². The lowest BCUT2D eigenvalue weighted by atomic mass is 9.85. The molecule has 1 aliphatic heterocycles. The SMILES string of the molecule is CCOC(=O)c1c(NC(=O)CSC2=N/C(=C/c3cn(C)nc3C)C(=O)N2CC)sc2c1CC[C@H](CC)C2. The highest BCUT2D eigenvalue weighted by Gasteiger charge is 2.32. The van der Waals surface area contributed by atoms with E-state index >= 15 is 0 Å². The van der Waals surface area contributed by atoms with Crippen LogP contribution in [-0.2, 0) is 34.2 Å². The number of rotatable bonds is 8. The van der Waals surface area contributed by atoms with Gasteiger partial charge in [-0.25, -0.2) is 9.79 Å². The number of esters is 1. The van der Waals surface area contributed by atoms with E-state index in [1.54, 1.807) is 22.6 Å². The Balaban J connectivity index is 1.49. The van der Waals surface area contributed by atoms with Crippen LogP contribution in [0.2, 0.25) is 0 Å². The molecule has 0 radical (unpaired) electrons. The minimum Gasteiger partial charge on any atom is -0.462 e. The number of aromatic nitrogens is 2. The van der Waals surface area contributed by atoms with Crippen molar-refractivity contribution < 1.29 is 19.1 Å². The van der Waals surface area contributed by atoms with Gasteiger partial charge in [-0.05, 0) is 57.6 Å². The molecule has 9 nitrogen and oxygen atoms in total. The Morgan fingerprint density at radius 2 is 2.11 bits per heavy atom. The quantitative estimate of drug-likeness (QED) is 0.391. The van der Waals surface area contributed by atoms with Crippen LogP contribution in [0.25, 0.3) is 6.08 Å². The summed E-state index contributed by atoms with van der Waals surface area (Å²) in [5, 5.41) is 8.29. The fourth-order valence-corrected chi connectivity index (χ4v) is 6.86. The average Bonchev–Trinajstić information content (AvgIpc) is 3.49. The van der Waals surface area contributed by atoms with Gasteiger partial charge in [-0.2, -0.15) is 5.10 Å². The standard InChI is InChI=1S/C26H33N5O4S2/c1-6-16-9-10-18-20(11-16)37-23(22(18)25(34)35-8-3)28-21(32)14-36-26-27-19(24(33)31(26)7-2)12-17-13-30(5)29-15(17)4/h12-13,16H,6-11,14H2,1-5H3,(H,28,32)/b19-12+/t16-/m0/s1. The van der Waals surface area contributed by atoms with E-state index in [0.717, 1.165) is 47.4 Å². The number of aliphatic imine (C=N–C) groups is 1. The van der Waals surface area contributed by atoms with Crippen molar-refractivity contribution in [2.45, 2.75) is 53.4 Å². The minimum absolute atomic E-state index is 0.0598. The molecule has 2 aromatic heterocycles. The van der Waals surface area contributed by atoms with E-state index in [4.69, 9.17) is 4.74 Å². The van der Waals surface area contributed by atoms with Crippen molar-refractivity contribution in [3.8, 4) is 0 Å². The Kier molecular flexibility index (Phi) is 8.53. The minimum atomic E-state index is -0.388. The Morgan fingerprint density at radius 3 is 2.76 bits per heavy atom. The molecule has 11 heteroatoms. The highest BCUT2D eigenvalue weighted by atomic mass is 32.2. The zero-order valence-corrected chi connectivity index (χ0v) is 23.6. The molecule has 3 heterocycles. The summed E-state index contributed by atoms with van der Waals surface area (Å²) in [4.78, 5) is 45.9. The lowest BCUT2D eigenvalue weighted by molar-refractivity contribution is -0.122. The fraction of sp³-hybridized carbons (Fsp3) is 0.500. The van der Waals surface area contributed by atoms with E-state index in [1.165, 1.54) is 23.1 Å². The third-order valence-corrected chi connectivity index (χ3v) is 8.73. The third kappa shape index (κ3) is 5.82. The Morgan fingerprint density at radius 1 is 1.32 bits per heavy atom. The van der Waals surface area contributed by atoms with Gasteiger partial charge in [0.2, 0.25) is 5.91 Å². The van der Waals surface area contributed by atoms with Gasteiger partial charge in [0.05, 0.1) is 23.6 Å². The summed E-state index contributed by atoms with van der Waals surface area (Å²) in [5.74, 6) is -0.190. The summed E-state index contributed by atoms with van der Waals surface area (Å²) in [7, 11) is 1.83. The normalized spacial score (nSPS) is 18.2. The zero-order valence-electron chi connectivity index (χ0n) is 21.9. The molecule has 0 saturated carbocycles. The highest BCUT2D eigenvalue weighted by Crippen LogP contribution is 2.41. The summed E-state index contributed by atoms with van der Waals surface area (Å²) in [6.45, 7) is 8.43. The lowest BCUT2D eigenvalue weighted by Crippen LogP contribution is -2.31. The number of carbonyl (C=O) groups is 3. The van der Waals surface area contributed by atoms with Crippen LogP contribution in [0, 0.1) is 12.8 Å². The molecule has 1 N–H and O–H groups in total. The molecule has 0 bridgehead atoms. The number of nitrogens with zero attached hydrogens (tertiary/aromatic N) is 4. The maximum absolute atomic E-state index is 13.0. The number of anilines is 1. The van der Waals surface area contributed by atoms with Crippen LogP contribution in [0.3, 0.4) is 0 Å². The molecule has 2 amide bonds. The highest BCUT2D eigenvalue weighted by molar-refractivity contribution is 8.14. The van der Waals surface area contributed by atoms with Gasteiger partial charge in [0.25, 0.3) is 5.91 Å². The number of amides is 2. The number of thioether (sulfide) groups is 1. The van der Waals surface area contributed by atoms with Crippen LogP contribution in [0.5, 0.6) is 0 Å². The molecular formula is C26H33N5O4S2. The van der Waals surface area contributed by atoms with E-state index in [9.17, 15) is 14.4 Å². The van der Waals surface area contributed by atoms with Gasteiger partial charge in [0, 0.05) is 30.2 Å². The van der Waals surface area contributed by atoms with E-state index in [-0.39, 0.29) is 30.1 Å². The van der Waals surface area contributed by atoms with Crippen molar-refractivity contribution in [1.29, 1.82) is 0 Å². The van der Waals surface area contributed by atoms with Gasteiger partial charge in [0.15, 0.2) is 5.17 Å². The molecule has 0 unspecified atom stereocenters. The second kappa shape index (κ2) is 11.6. The Hall–Kier alpha value is -2.92. The summed E-state index contributed by atoms with van der Waals surface area (Å²) in [6, 6.07) is 0. The molecule has 0 fully saturated rings. The molecule has 198 valence electrons. The van der Waals surface area contributed by atoms with Crippen LogP contribution in [0.4, 0.5) is 5.00 Å². The van der Waals surface area contributed by atoms with Gasteiger partial charge in [-0.1, -0.05) is 25.1 Å². The number of hydrogen-bond acceptors (Lipinski definition) is 8. The van der Waals surface area contributed by atoms with Gasteiger partial charge >= 0.3 is 5.97 Å². The number of thiophene rings is 1. The van der Waals surface area contributed by atoms with Gasteiger partial charge < -0.3 is 10.1 Å². The number of ether oxygens (including phenoxy) is 1. The second-order valence-electron chi connectivity index (χ2n) is 9.10. The number of amidine groups is 1. The van der Waals surface area contributed by atoms with Gasteiger partial charge in [-0.3, -0.25) is 19.2 Å². The number of likely N-dealkylation sites (N-methyl/N-ethyl adjacent to an activating group) is 1. The monoisotopic (exact) mass is 543 g/mol. The van der Waals surface area contributed by atoms with E-state index in [0.29, 0.717) is 33.9 Å². The van der Waals surface area contributed by atoms with E-state index < -0.39 is 0 Å². The summed E-state index contributed by atoms with van der Waals surface area (Å²) in [6.07, 6.45) is 7.43. The number of carbonyl (C=O) groups excluding carboxylic acids is 3. The van der Waals surface area contributed by atoms with Crippen molar-refractivity contribution in [1.82, 2.24) is 14.7 Å².